The fraction of sp³-hybridized carbons (Fsp3) is 0.273. The maximum absolute atomic E-state index is 13.4. The summed E-state index contributed by atoms with van der Waals surface area (Å²) in [6.45, 7) is -0.319. The summed E-state index contributed by atoms with van der Waals surface area (Å²) in [4.78, 5) is 24.0. The molecule has 0 bridgehead atoms. The van der Waals surface area contributed by atoms with Gasteiger partial charge in [-0.25, -0.2) is 8.78 Å². The zero-order valence-corrected chi connectivity index (χ0v) is 11.3. The fourth-order valence-electron chi connectivity index (χ4n) is 1.16. The Morgan fingerprint density at radius 1 is 1.28 bits per heavy atom. The predicted octanol–water partition coefficient (Wildman–Crippen LogP) is 1.55. The van der Waals surface area contributed by atoms with E-state index in [2.05, 4.69) is 21.2 Å². The molecule has 0 unspecified atom stereocenters. The highest BCUT2D eigenvalue weighted by Gasteiger charge is 2.19. The van der Waals surface area contributed by atoms with Gasteiger partial charge in [-0.05, 0) is 12.1 Å². The van der Waals surface area contributed by atoms with E-state index in [9.17, 15) is 18.4 Å². The molecule has 7 heteroatoms. The predicted molar refractivity (Wildman–Crippen MR) is 65.1 cm³/mol. The molecule has 0 fully saturated rings. The van der Waals surface area contributed by atoms with Crippen LogP contribution in [0.1, 0.15) is 10.4 Å². The van der Waals surface area contributed by atoms with Crippen molar-refractivity contribution in [1.82, 2.24) is 10.2 Å². The minimum atomic E-state index is -0.989. The highest BCUT2D eigenvalue weighted by Crippen LogP contribution is 2.19. The van der Waals surface area contributed by atoms with Crippen molar-refractivity contribution in [2.24, 2.45) is 0 Å². The van der Waals surface area contributed by atoms with Crippen LogP contribution in [-0.2, 0) is 4.79 Å². The largest absolute Gasteiger partial charge is 0.347 e. The second kappa shape index (κ2) is 5.90. The molecule has 0 aliphatic heterocycles. The van der Waals surface area contributed by atoms with Crippen LogP contribution in [0.25, 0.3) is 0 Å². The molecular formula is C11H11BrF2N2O2. The monoisotopic (exact) mass is 320 g/mol. The minimum absolute atomic E-state index is 0.193. The molecule has 0 heterocycles. The smallest absolute Gasteiger partial charge is 0.257 e. The minimum Gasteiger partial charge on any atom is -0.347 e. The quantitative estimate of drug-likeness (QED) is 0.918. The number of nitrogens with one attached hydrogen (secondary N) is 1. The summed E-state index contributed by atoms with van der Waals surface area (Å²) >= 11 is 2.91. The van der Waals surface area contributed by atoms with Crippen molar-refractivity contribution in [3.63, 3.8) is 0 Å². The van der Waals surface area contributed by atoms with Crippen LogP contribution in [0.5, 0.6) is 0 Å². The highest BCUT2D eigenvalue weighted by atomic mass is 79.9. The molecule has 0 atom stereocenters. The third-order valence-electron chi connectivity index (χ3n) is 2.13. The number of rotatable bonds is 3. The van der Waals surface area contributed by atoms with Gasteiger partial charge in [-0.2, -0.15) is 0 Å². The molecule has 0 radical (unpaired) electrons. The summed E-state index contributed by atoms with van der Waals surface area (Å²) < 4.78 is 27.0. The topological polar surface area (TPSA) is 49.4 Å². The first kappa shape index (κ1) is 14.6. The number of carbonyl (C=O) groups is 2. The molecule has 0 saturated heterocycles. The van der Waals surface area contributed by atoms with Gasteiger partial charge >= 0.3 is 0 Å². The first-order chi connectivity index (χ1) is 8.32. The molecular weight excluding hydrogens is 310 g/mol. The number of hydrogen-bond donors (Lipinski definition) is 1. The molecule has 0 aliphatic rings. The van der Waals surface area contributed by atoms with Crippen LogP contribution in [0.3, 0.4) is 0 Å². The molecule has 1 N–H and O–H groups in total. The number of benzene rings is 1. The van der Waals surface area contributed by atoms with E-state index in [4.69, 9.17) is 0 Å². The number of likely N-dealkylation sites (N-methyl/N-ethyl adjacent to an activating group) is 1. The zero-order valence-electron chi connectivity index (χ0n) is 9.76. The van der Waals surface area contributed by atoms with Gasteiger partial charge in [-0.15, -0.1) is 0 Å². The number of amides is 2. The summed E-state index contributed by atoms with van der Waals surface area (Å²) in [5.41, 5.74) is -0.704. The summed E-state index contributed by atoms with van der Waals surface area (Å²) in [6.07, 6.45) is 0. The number of carbonyl (C=O) groups excluding carboxylic acids is 2. The van der Waals surface area contributed by atoms with Gasteiger partial charge < -0.3 is 10.2 Å². The Kier molecular flexibility index (Phi) is 4.77. The van der Waals surface area contributed by atoms with Gasteiger partial charge in [0.1, 0.15) is 17.2 Å². The lowest BCUT2D eigenvalue weighted by molar-refractivity contribution is -0.127. The average molecular weight is 321 g/mol. The van der Waals surface area contributed by atoms with Crippen molar-refractivity contribution in [2.45, 2.75) is 0 Å². The van der Waals surface area contributed by atoms with Crippen molar-refractivity contribution < 1.29 is 18.4 Å². The molecule has 1 aromatic carbocycles. The fourth-order valence-corrected chi connectivity index (χ4v) is 1.56. The third kappa shape index (κ3) is 3.49. The summed E-state index contributed by atoms with van der Waals surface area (Å²) in [6, 6.07) is 1.96. The normalized spacial score (nSPS) is 10.1. The van der Waals surface area contributed by atoms with E-state index in [-0.39, 0.29) is 16.9 Å². The molecule has 4 nitrogen and oxygen atoms in total. The molecule has 0 saturated carbocycles. The summed E-state index contributed by atoms with van der Waals surface area (Å²) in [5, 5.41) is 2.16. The molecule has 18 heavy (non-hydrogen) atoms. The molecule has 98 valence electrons. The van der Waals surface area contributed by atoms with Crippen LogP contribution in [0.15, 0.2) is 16.6 Å². The van der Waals surface area contributed by atoms with Crippen molar-refractivity contribution in [2.75, 3.05) is 20.6 Å². The Balaban J connectivity index is 2.83. The molecule has 1 rings (SSSR count). The lowest BCUT2D eigenvalue weighted by Gasteiger charge is -2.11. The van der Waals surface area contributed by atoms with Crippen molar-refractivity contribution in [3.05, 3.63) is 33.8 Å². The second-order valence-electron chi connectivity index (χ2n) is 3.72. The standard InChI is InChI=1S/C11H11BrF2N2O2/c1-16(2)9(17)5-15-11(18)10-7(13)3-6(12)4-8(10)14/h3-4H,5H2,1-2H3,(H,15,18). The van der Waals surface area contributed by atoms with Crippen LogP contribution in [-0.4, -0.2) is 37.4 Å². The number of hydrogen-bond acceptors (Lipinski definition) is 2. The van der Waals surface area contributed by atoms with Gasteiger partial charge in [0.15, 0.2) is 0 Å². The van der Waals surface area contributed by atoms with Crippen LogP contribution in [0, 0.1) is 11.6 Å². The van der Waals surface area contributed by atoms with Gasteiger partial charge in [0.05, 0.1) is 6.54 Å². The second-order valence-corrected chi connectivity index (χ2v) is 4.63. The van der Waals surface area contributed by atoms with Crippen molar-refractivity contribution >= 4 is 27.7 Å². The molecule has 0 aromatic heterocycles. The average Bonchev–Trinajstić information content (AvgIpc) is 2.24. The lowest BCUT2D eigenvalue weighted by Crippen LogP contribution is -2.36. The molecule has 0 spiro atoms. The van der Waals surface area contributed by atoms with E-state index in [1.807, 2.05) is 0 Å². The van der Waals surface area contributed by atoms with Gasteiger partial charge in [-0.1, -0.05) is 15.9 Å². The van der Waals surface area contributed by atoms with Crippen molar-refractivity contribution in [1.29, 1.82) is 0 Å². The first-order valence-electron chi connectivity index (χ1n) is 4.96. The zero-order chi connectivity index (χ0) is 13.9. The number of halogens is 3. The Morgan fingerprint density at radius 2 is 1.78 bits per heavy atom. The van der Waals surface area contributed by atoms with E-state index >= 15 is 0 Å². The van der Waals surface area contributed by atoms with Crippen LogP contribution in [0.4, 0.5) is 8.78 Å². The maximum atomic E-state index is 13.4. The van der Waals surface area contributed by atoms with Gasteiger partial charge in [0.25, 0.3) is 5.91 Å². The third-order valence-corrected chi connectivity index (χ3v) is 2.59. The van der Waals surface area contributed by atoms with E-state index < -0.39 is 23.1 Å². The Labute approximate surface area is 111 Å². The highest BCUT2D eigenvalue weighted by molar-refractivity contribution is 9.10. The summed E-state index contributed by atoms with van der Waals surface area (Å²) in [5.74, 6) is -3.32. The molecule has 0 aliphatic carbocycles. The van der Waals surface area contributed by atoms with E-state index in [0.29, 0.717) is 0 Å². The first-order valence-corrected chi connectivity index (χ1v) is 5.75. The van der Waals surface area contributed by atoms with Crippen LogP contribution >= 0.6 is 15.9 Å². The SMILES string of the molecule is CN(C)C(=O)CNC(=O)c1c(F)cc(Br)cc1F. The summed E-state index contributed by atoms with van der Waals surface area (Å²) in [7, 11) is 3.02. The van der Waals surface area contributed by atoms with Crippen LogP contribution in [0.2, 0.25) is 0 Å². The van der Waals surface area contributed by atoms with Crippen molar-refractivity contribution in [3.8, 4) is 0 Å². The number of nitrogens with zero attached hydrogens (tertiary/aromatic N) is 1. The Hall–Kier alpha value is -1.50. The Bertz CT molecular complexity index is 469. The van der Waals surface area contributed by atoms with Gasteiger partial charge in [-0.3, -0.25) is 9.59 Å². The lowest BCUT2D eigenvalue weighted by atomic mass is 10.2. The Morgan fingerprint density at radius 3 is 2.22 bits per heavy atom. The van der Waals surface area contributed by atoms with Gasteiger partial charge in [0, 0.05) is 18.6 Å². The molecule has 2 amide bonds. The molecule has 1 aromatic rings. The van der Waals surface area contributed by atoms with Gasteiger partial charge in [0.2, 0.25) is 5.91 Å². The maximum Gasteiger partial charge on any atom is 0.257 e. The van der Waals surface area contributed by atoms with E-state index in [1.54, 1.807) is 0 Å². The van der Waals surface area contributed by atoms with E-state index in [0.717, 1.165) is 12.1 Å². The van der Waals surface area contributed by atoms with E-state index in [1.165, 1.54) is 19.0 Å². The van der Waals surface area contributed by atoms with Crippen LogP contribution < -0.4 is 5.32 Å².